The van der Waals surface area contributed by atoms with Gasteiger partial charge in [0, 0.05) is 17.1 Å². The summed E-state index contributed by atoms with van der Waals surface area (Å²) >= 11 is 8.86. The van der Waals surface area contributed by atoms with E-state index >= 15 is 0 Å². The topological polar surface area (TPSA) is 97.1 Å². The van der Waals surface area contributed by atoms with E-state index in [9.17, 15) is 9.59 Å². The van der Waals surface area contributed by atoms with Crippen molar-refractivity contribution in [2.45, 2.75) is 5.22 Å². The first kappa shape index (κ1) is 16.7. The lowest BCUT2D eigenvalue weighted by molar-refractivity contribution is -0.117. The van der Waals surface area contributed by atoms with Crippen LogP contribution in [0, 0.1) is 0 Å². The maximum absolute atomic E-state index is 11.5. The molecule has 0 radical (unpaired) electrons. The maximum atomic E-state index is 11.5. The Balaban J connectivity index is 1.72. The first-order chi connectivity index (χ1) is 11.6. The van der Waals surface area contributed by atoms with Gasteiger partial charge in [0.15, 0.2) is 0 Å². The van der Waals surface area contributed by atoms with Gasteiger partial charge >= 0.3 is 6.03 Å². The van der Waals surface area contributed by atoms with E-state index in [1.54, 1.807) is 0 Å². The second-order valence-corrected chi connectivity index (χ2v) is 6.89. The molecule has 3 amide bonds. The number of rotatable bonds is 4. The lowest BCUT2D eigenvalue weighted by Crippen LogP contribution is -2.38. The zero-order chi connectivity index (χ0) is 17.1. The number of thioether (sulfide) groups is 1. The standard InChI is InChI=1S/C14H11ClN4O3S2/c1-16-13(21)17-9(20)6-23-14-19-18-12(22-14)11-10(15)7-4-2-3-5-8(7)24-11/h2-5H,6H2,1H3,(H2,16,17,20,21). The number of carbonyl (C=O) groups excluding carboxylic acids is 2. The summed E-state index contributed by atoms with van der Waals surface area (Å²) in [5.74, 6) is -0.177. The molecule has 10 heteroatoms. The molecule has 0 saturated carbocycles. The number of nitrogens with zero attached hydrogens (tertiary/aromatic N) is 2. The highest BCUT2D eigenvalue weighted by molar-refractivity contribution is 7.99. The number of carbonyl (C=O) groups is 2. The smallest absolute Gasteiger partial charge is 0.321 e. The zero-order valence-electron chi connectivity index (χ0n) is 12.3. The average Bonchev–Trinajstić information content (AvgIpc) is 3.18. The van der Waals surface area contributed by atoms with Gasteiger partial charge in [-0.05, 0) is 6.07 Å². The second kappa shape index (κ2) is 7.20. The predicted molar refractivity (Wildman–Crippen MR) is 93.4 cm³/mol. The van der Waals surface area contributed by atoms with Gasteiger partial charge in [0.2, 0.25) is 5.91 Å². The van der Waals surface area contributed by atoms with Crippen LogP contribution in [-0.2, 0) is 4.79 Å². The maximum Gasteiger partial charge on any atom is 0.321 e. The molecule has 3 aromatic rings. The number of nitrogens with one attached hydrogen (secondary N) is 2. The van der Waals surface area contributed by atoms with Crippen molar-refractivity contribution >= 4 is 56.7 Å². The fourth-order valence-corrected chi connectivity index (χ4v) is 3.86. The fraction of sp³-hybridized carbons (Fsp3) is 0.143. The van der Waals surface area contributed by atoms with Crippen molar-refractivity contribution in [1.82, 2.24) is 20.8 Å². The highest BCUT2D eigenvalue weighted by Crippen LogP contribution is 2.41. The van der Waals surface area contributed by atoms with Crippen molar-refractivity contribution in [1.29, 1.82) is 0 Å². The third kappa shape index (κ3) is 3.53. The second-order valence-electron chi connectivity index (χ2n) is 4.53. The van der Waals surface area contributed by atoms with Crippen LogP contribution in [-0.4, -0.2) is 34.9 Å². The van der Waals surface area contributed by atoms with E-state index in [1.807, 2.05) is 24.3 Å². The van der Waals surface area contributed by atoms with Crippen LogP contribution in [0.15, 0.2) is 33.9 Å². The van der Waals surface area contributed by atoms with Crippen molar-refractivity contribution in [3.05, 3.63) is 29.3 Å². The predicted octanol–water partition coefficient (Wildman–Crippen LogP) is 3.15. The van der Waals surface area contributed by atoms with Crippen LogP contribution < -0.4 is 10.6 Å². The lowest BCUT2D eigenvalue weighted by Gasteiger charge is -2.00. The molecule has 1 aromatic carbocycles. The minimum absolute atomic E-state index is 0.0186. The Labute approximate surface area is 149 Å². The van der Waals surface area contributed by atoms with Crippen molar-refractivity contribution < 1.29 is 14.0 Å². The number of urea groups is 1. The van der Waals surface area contributed by atoms with Crippen LogP contribution in [0.3, 0.4) is 0 Å². The Hall–Kier alpha value is -2.10. The molecule has 2 aromatic heterocycles. The number of aromatic nitrogens is 2. The fourth-order valence-electron chi connectivity index (χ4n) is 1.86. The normalized spacial score (nSPS) is 10.8. The van der Waals surface area contributed by atoms with E-state index in [2.05, 4.69) is 20.8 Å². The van der Waals surface area contributed by atoms with Crippen LogP contribution in [0.4, 0.5) is 4.79 Å². The molecular formula is C14H11ClN4O3S2. The quantitative estimate of drug-likeness (QED) is 0.673. The summed E-state index contributed by atoms with van der Waals surface area (Å²) in [5.41, 5.74) is 0. The SMILES string of the molecule is CNC(=O)NC(=O)CSc1nnc(-c2sc3ccccc3c2Cl)o1. The Bertz CT molecular complexity index is 908. The Morgan fingerprint density at radius 1 is 1.33 bits per heavy atom. The molecule has 0 aliphatic rings. The van der Waals surface area contributed by atoms with Crippen molar-refractivity contribution in [3.63, 3.8) is 0 Å². The minimum atomic E-state index is -0.566. The number of amides is 3. The number of thiophene rings is 1. The molecule has 0 bridgehead atoms. The third-order valence-corrected chi connectivity index (χ3v) is 5.42. The summed E-state index contributed by atoms with van der Waals surface area (Å²) < 4.78 is 6.57. The van der Waals surface area contributed by atoms with Crippen molar-refractivity contribution in [2.75, 3.05) is 12.8 Å². The molecular weight excluding hydrogens is 372 g/mol. The van der Waals surface area contributed by atoms with E-state index in [0.29, 0.717) is 15.8 Å². The van der Waals surface area contributed by atoms with Crippen LogP contribution in [0.2, 0.25) is 5.02 Å². The molecule has 2 heterocycles. The zero-order valence-corrected chi connectivity index (χ0v) is 14.7. The molecule has 3 rings (SSSR count). The molecule has 2 N–H and O–H groups in total. The summed E-state index contributed by atoms with van der Waals surface area (Å²) in [7, 11) is 1.43. The summed E-state index contributed by atoms with van der Waals surface area (Å²) in [6.07, 6.45) is 0. The Kier molecular flexibility index (Phi) is 5.03. The van der Waals surface area contributed by atoms with Crippen molar-refractivity contribution in [2.24, 2.45) is 0 Å². The van der Waals surface area contributed by atoms with E-state index in [-0.39, 0.29) is 11.0 Å². The van der Waals surface area contributed by atoms with Gasteiger partial charge in [0.25, 0.3) is 11.1 Å². The monoisotopic (exact) mass is 382 g/mol. The molecule has 0 spiro atoms. The molecule has 24 heavy (non-hydrogen) atoms. The molecule has 7 nitrogen and oxygen atoms in total. The number of halogens is 1. The van der Waals surface area contributed by atoms with Gasteiger partial charge in [-0.2, -0.15) is 0 Å². The van der Waals surface area contributed by atoms with Gasteiger partial charge in [-0.1, -0.05) is 41.6 Å². The Morgan fingerprint density at radius 3 is 2.88 bits per heavy atom. The summed E-state index contributed by atoms with van der Waals surface area (Å²) in [4.78, 5) is 23.2. The highest BCUT2D eigenvalue weighted by Gasteiger charge is 2.18. The van der Waals surface area contributed by atoms with Gasteiger partial charge in [0.1, 0.15) is 4.88 Å². The summed E-state index contributed by atoms with van der Waals surface area (Å²) in [6, 6.07) is 7.16. The minimum Gasteiger partial charge on any atom is -0.410 e. The van der Waals surface area contributed by atoms with Gasteiger partial charge in [-0.3, -0.25) is 10.1 Å². The Morgan fingerprint density at radius 2 is 2.12 bits per heavy atom. The van der Waals surface area contributed by atoms with Gasteiger partial charge in [-0.25, -0.2) is 4.79 Å². The molecule has 0 saturated heterocycles. The molecule has 0 unspecified atom stereocenters. The lowest BCUT2D eigenvalue weighted by atomic mass is 10.2. The number of fused-ring (bicyclic) bond motifs is 1. The molecule has 0 fully saturated rings. The van der Waals surface area contributed by atoms with Gasteiger partial charge in [0.05, 0.1) is 10.8 Å². The van der Waals surface area contributed by atoms with E-state index in [0.717, 1.165) is 21.8 Å². The molecule has 0 aliphatic carbocycles. The first-order valence-electron chi connectivity index (χ1n) is 6.73. The van der Waals surface area contributed by atoms with Crippen LogP contribution in [0.1, 0.15) is 0 Å². The molecule has 0 aliphatic heterocycles. The largest absolute Gasteiger partial charge is 0.410 e. The van der Waals surface area contributed by atoms with Crippen LogP contribution in [0.5, 0.6) is 0 Å². The summed E-state index contributed by atoms with van der Waals surface area (Å²) in [5, 5.41) is 14.0. The summed E-state index contributed by atoms with van der Waals surface area (Å²) in [6.45, 7) is 0. The van der Waals surface area contributed by atoms with Gasteiger partial charge in [-0.15, -0.1) is 21.5 Å². The highest BCUT2D eigenvalue weighted by atomic mass is 35.5. The number of benzene rings is 1. The van der Waals surface area contributed by atoms with Crippen molar-refractivity contribution in [3.8, 4) is 10.8 Å². The molecule has 124 valence electrons. The van der Waals surface area contributed by atoms with E-state index in [4.69, 9.17) is 16.0 Å². The average molecular weight is 383 g/mol. The van der Waals surface area contributed by atoms with Crippen LogP contribution >= 0.6 is 34.7 Å². The van der Waals surface area contributed by atoms with Gasteiger partial charge < -0.3 is 9.73 Å². The number of hydrogen-bond acceptors (Lipinski definition) is 7. The number of imide groups is 1. The number of hydrogen-bond donors (Lipinski definition) is 2. The first-order valence-corrected chi connectivity index (χ1v) is 8.91. The van der Waals surface area contributed by atoms with Crippen LogP contribution in [0.25, 0.3) is 20.9 Å². The molecule has 0 atom stereocenters. The van der Waals surface area contributed by atoms with E-state index < -0.39 is 11.9 Å². The third-order valence-electron chi connectivity index (χ3n) is 2.94. The van der Waals surface area contributed by atoms with E-state index in [1.165, 1.54) is 18.4 Å².